The summed E-state index contributed by atoms with van der Waals surface area (Å²) < 4.78 is 27.9. The fraction of sp³-hybridized carbons (Fsp3) is 0.714. The van der Waals surface area contributed by atoms with Gasteiger partial charge in [0.25, 0.3) is 5.69 Å². The molecule has 0 atom stereocenters. The summed E-state index contributed by atoms with van der Waals surface area (Å²) in [5.74, 6) is 1.17. The van der Waals surface area contributed by atoms with Crippen LogP contribution in [0.2, 0.25) is 0 Å². The van der Waals surface area contributed by atoms with Gasteiger partial charge in [0.15, 0.2) is 11.5 Å². The Morgan fingerprint density at radius 3 is 2.28 bits per heavy atom. The SMILES string of the molecule is CCOCC(C)(C)COCCOCCOc1cc([N+](=O)[O-])ccc1OCC(C)C. The van der Waals surface area contributed by atoms with Crippen molar-refractivity contribution in [2.24, 2.45) is 11.3 Å². The van der Waals surface area contributed by atoms with E-state index in [2.05, 4.69) is 13.8 Å². The molecule has 0 N–H and O–H groups in total. The third kappa shape index (κ3) is 11.0. The quantitative estimate of drug-likeness (QED) is 0.229. The second kappa shape index (κ2) is 13.3. The minimum Gasteiger partial charge on any atom is -0.489 e. The van der Waals surface area contributed by atoms with Crippen molar-refractivity contribution in [2.75, 3.05) is 52.9 Å². The van der Waals surface area contributed by atoms with Gasteiger partial charge in [-0.3, -0.25) is 10.1 Å². The summed E-state index contributed by atoms with van der Waals surface area (Å²) in [7, 11) is 0. The van der Waals surface area contributed by atoms with Gasteiger partial charge in [0.1, 0.15) is 6.61 Å². The number of nitro benzene ring substituents is 1. The minimum atomic E-state index is -0.458. The van der Waals surface area contributed by atoms with Gasteiger partial charge in [-0.1, -0.05) is 27.7 Å². The second-order valence-corrected chi connectivity index (χ2v) is 7.91. The molecule has 0 saturated heterocycles. The molecule has 1 rings (SSSR count). The first-order valence-corrected chi connectivity index (χ1v) is 10.0. The van der Waals surface area contributed by atoms with Gasteiger partial charge < -0.3 is 23.7 Å². The van der Waals surface area contributed by atoms with Gasteiger partial charge in [-0.15, -0.1) is 0 Å². The second-order valence-electron chi connectivity index (χ2n) is 7.91. The van der Waals surface area contributed by atoms with Crippen molar-refractivity contribution in [1.29, 1.82) is 0 Å². The van der Waals surface area contributed by atoms with E-state index in [-0.39, 0.29) is 17.7 Å². The average Bonchev–Trinajstić information content (AvgIpc) is 2.67. The maximum Gasteiger partial charge on any atom is 0.273 e. The molecule has 166 valence electrons. The largest absolute Gasteiger partial charge is 0.489 e. The van der Waals surface area contributed by atoms with Gasteiger partial charge in [0, 0.05) is 18.1 Å². The summed E-state index contributed by atoms with van der Waals surface area (Å²) in [5.41, 5.74) is -0.0750. The molecular weight excluding hydrogens is 378 g/mol. The Morgan fingerprint density at radius 1 is 0.966 bits per heavy atom. The lowest BCUT2D eigenvalue weighted by atomic mass is 9.96. The number of non-ortho nitro benzene ring substituents is 1. The molecule has 0 amide bonds. The van der Waals surface area contributed by atoms with Crippen LogP contribution in [0.5, 0.6) is 11.5 Å². The average molecular weight is 414 g/mol. The molecule has 1 aromatic carbocycles. The highest BCUT2D eigenvalue weighted by atomic mass is 16.6. The van der Waals surface area contributed by atoms with Crippen LogP contribution in [0.1, 0.15) is 34.6 Å². The fourth-order valence-electron chi connectivity index (χ4n) is 2.30. The molecule has 0 heterocycles. The highest BCUT2D eigenvalue weighted by molar-refractivity contribution is 5.48. The predicted molar refractivity (Wildman–Crippen MR) is 111 cm³/mol. The third-order valence-corrected chi connectivity index (χ3v) is 3.76. The number of hydrogen-bond donors (Lipinski definition) is 0. The molecule has 0 aliphatic rings. The van der Waals surface area contributed by atoms with Crippen LogP contribution in [-0.2, 0) is 14.2 Å². The Hall–Kier alpha value is -1.90. The fourth-order valence-corrected chi connectivity index (χ4v) is 2.30. The first kappa shape index (κ1) is 25.1. The van der Waals surface area contributed by atoms with Crippen LogP contribution in [0.25, 0.3) is 0 Å². The molecule has 8 nitrogen and oxygen atoms in total. The summed E-state index contributed by atoms with van der Waals surface area (Å²) in [6.07, 6.45) is 0. The number of rotatable bonds is 16. The lowest BCUT2D eigenvalue weighted by molar-refractivity contribution is -0.385. The molecule has 0 aromatic heterocycles. The van der Waals surface area contributed by atoms with E-state index < -0.39 is 4.92 Å². The Bertz CT molecular complexity index is 605. The van der Waals surface area contributed by atoms with Crippen molar-refractivity contribution < 1.29 is 28.6 Å². The maximum atomic E-state index is 11.0. The standard InChI is InChI=1S/C21H35NO7/c1-6-25-15-21(4,5)16-27-10-9-26-11-12-28-20-13-18(22(23)24)7-8-19(20)29-14-17(2)3/h7-8,13,17H,6,9-12,14-16H2,1-5H3. The van der Waals surface area contributed by atoms with Gasteiger partial charge in [-0.05, 0) is 18.9 Å². The van der Waals surface area contributed by atoms with Crippen LogP contribution in [0.15, 0.2) is 18.2 Å². The minimum absolute atomic E-state index is 0.0342. The van der Waals surface area contributed by atoms with Crippen LogP contribution >= 0.6 is 0 Å². The molecule has 29 heavy (non-hydrogen) atoms. The van der Waals surface area contributed by atoms with Gasteiger partial charge in [0.05, 0.1) is 50.6 Å². The van der Waals surface area contributed by atoms with Crippen LogP contribution in [0.4, 0.5) is 5.69 Å². The van der Waals surface area contributed by atoms with Gasteiger partial charge >= 0.3 is 0 Å². The Balaban J connectivity index is 2.34. The van der Waals surface area contributed by atoms with Crippen molar-refractivity contribution in [3.05, 3.63) is 28.3 Å². The monoisotopic (exact) mass is 413 g/mol. The lowest BCUT2D eigenvalue weighted by Gasteiger charge is -2.23. The number of nitro groups is 1. The first-order chi connectivity index (χ1) is 13.7. The maximum absolute atomic E-state index is 11.0. The molecular formula is C21H35NO7. The van der Waals surface area contributed by atoms with E-state index in [1.54, 1.807) is 6.07 Å². The van der Waals surface area contributed by atoms with Crippen molar-refractivity contribution in [1.82, 2.24) is 0 Å². The van der Waals surface area contributed by atoms with Crippen LogP contribution < -0.4 is 9.47 Å². The van der Waals surface area contributed by atoms with E-state index in [4.69, 9.17) is 23.7 Å². The topological polar surface area (TPSA) is 89.3 Å². The number of nitrogens with zero attached hydrogens (tertiary/aromatic N) is 1. The molecule has 0 saturated carbocycles. The van der Waals surface area contributed by atoms with E-state index in [1.165, 1.54) is 12.1 Å². The highest BCUT2D eigenvalue weighted by Crippen LogP contribution is 2.31. The first-order valence-electron chi connectivity index (χ1n) is 10.0. The van der Waals surface area contributed by atoms with Crippen molar-refractivity contribution in [3.63, 3.8) is 0 Å². The smallest absolute Gasteiger partial charge is 0.273 e. The zero-order valence-electron chi connectivity index (χ0n) is 18.3. The van der Waals surface area contributed by atoms with Crippen molar-refractivity contribution in [3.8, 4) is 11.5 Å². The number of ether oxygens (including phenoxy) is 5. The highest BCUT2D eigenvalue weighted by Gasteiger charge is 2.18. The Labute approximate surface area is 173 Å². The summed E-state index contributed by atoms with van der Waals surface area (Å²) in [6.45, 7) is 14.2. The predicted octanol–water partition coefficient (Wildman–Crippen LogP) is 4.10. The molecule has 0 bridgehead atoms. The van der Waals surface area contributed by atoms with Gasteiger partial charge in [0.2, 0.25) is 0 Å². The van der Waals surface area contributed by atoms with E-state index in [0.29, 0.717) is 63.7 Å². The van der Waals surface area contributed by atoms with E-state index in [0.717, 1.165) is 0 Å². The molecule has 0 aliphatic heterocycles. The van der Waals surface area contributed by atoms with Gasteiger partial charge in [-0.2, -0.15) is 0 Å². The van der Waals surface area contributed by atoms with Crippen molar-refractivity contribution in [2.45, 2.75) is 34.6 Å². The molecule has 0 radical (unpaired) electrons. The van der Waals surface area contributed by atoms with Crippen LogP contribution in [0, 0.1) is 21.4 Å². The zero-order valence-corrected chi connectivity index (χ0v) is 18.3. The van der Waals surface area contributed by atoms with Crippen LogP contribution in [0.3, 0.4) is 0 Å². The van der Waals surface area contributed by atoms with Crippen LogP contribution in [-0.4, -0.2) is 57.8 Å². The Kier molecular flexibility index (Phi) is 11.6. The normalized spacial score (nSPS) is 11.7. The third-order valence-electron chi connectivity index (χ3n) is 3.76. The molecule has 1 aromatic rings. The van der Waals surface area contributed by atoms with E-state index >= 15 is 0 Å². The molecule has 8 heteroatoms. The zero-order chi connectivity index (χ0) is 21.7. The summed E-state index contributed by atoms with van der Waals surface area (Å²) in [6, 6.07) is 4.34. The van der Waals surface area contributed by atoms with E-state index in [1.807, 2.05) is 20.8 Å². The number of benzene rings is 1. The van der Waals surface area contributed by atoms with Gasteiger partial charge in [-0.25, -0.2) is 0 Å². The molecule has 0 fully saturated rings. The summed E-state index contributed by atoms with van der Waals surface area (Å²) in [4.78, 5) is 10.5. The number of hydrogen-bond acceptors (Lipinski definition) is 7. The van der Waals surface area contributed by atoms with Crippen molar-refractivity contribution >= 4 is 5.69 Å². The molecule has 0 spiro atoms. The summed E-state index contributed by atoms with van der Waals surface area (Å²) in [5, 5.41) is 11.0. The summed E-state index contributed by atoms with van der Waals surface area (Å²) >= 11 is 0. The Morgan fingerprint density at radius 2 is 1.62 bits per heavy atom. The van der Waals surface area contributed by atoms with E-state index in [9.17, 15) is 10.1 Å². The molecule has 0 aliphatic carbocycles. The lowest BCUT2D eigenvalue weighted by Crippen LogP contribution is -2.26. The molecule has 0 unspecified atom stereocenters.